The van der Waals surface area contributed by atoms with Crippen molar-refractivity contribution in [3.8, 4) is 5.75 Å². The van der Waals surface area contributed by atoms with Gasteiger partial charge < -0.3 is 10.1 Å². The lowest BCUT2D eigenvalue weighted by Crippen LogP contribution is -2.20. The minimum absolute atomic E-state index is 0.115. The molecule has 0 fully saturated rings. The van der Waals surface area contributed by atoms with Crippen LogP contribution in [0, 0.1) is 6.92 Å². The van der Waals surface area contributed by atoms with E-state index in [4.69, 9.17) is 4.74 Å². The van der Waals surface area contributed by atoms with Gasteiger partial charge in [-0.3, -0.25) is 9.59 Å². The molecule has 1 aromatic heterocycles. The predicted octanol–water partition coefficient (Wildman–Crippen LogP) is 2.22. The Balaban J connectivity index is 1.85. The number of pyridine rings is 1. The van der Waals surface area contributed by atoms with Crippen LogP contribution in [0.2, 0.25) is 0 Å². The molecule has 0 bridgehead atoms. The van der Waals surface area contributed by atoms with Crippen LogP contribution in [0.15, 0.2) is 42.6 Å². The van der Waals surface area contributed by atoms with Crippen LogP contribution < -0.4 is 10.1 Å². The lowest BCUT2D eigenvalue weighted by Gasteiger charge is -2.07. The van der Waals surface area contributed by atoms with Crippen molar-refractivity contribution in [2.24, 2.45) is 0 Å². The maximum atomic E-state index is 11.7. The van der Waals surface area contributed by atoms with Gasteiger partial charge in [0.1, 0.15) is 11.4 Å². The van der Waals surface area contributed by atoms with Crippen LogP contribution in [0.4, 0.5) is 5.69 Å². The number of nitrogens with one attached hydrogen (secondary N) is 1. The Morgan fingerprint density at radius 3 is 2.60 bits per heavy atom. The zero-order valence-electron chi connectivity index (χ0n) is 11.0. The van der Waals surface area contributed by atoms with E-state index >= 15 is 0 Å². The van der Waals surface area contributed by atoms with Gasteiger partial charge in [-0.15, -0.1) is 0 Å². The highest BCUT2D eigenvalue weighted by Gasteiger charge is 2.04. The number of ether oxygens (including phenoxy) is 1. The third kappa shape index (κ3) is 3.91. The van der Waals surface area contributed by atoms with Crippen LogP contribution in [0.1, 0.15) is 16.1 Å². The first kappa shape index (κ1) is 13.7. The Kier molecular flexibility index (Phi) is 4.44. The topological polar surface area (TPSA) is 68.3 Å². The third-order valence-corrected chi connectivity index (χ3v) is 2.59. The fraction of sp³-hybridized carbons (Fsp3) is 0.133. The van der Waals surface area contributed by atoms with E-state index in [9.17, 15) is 9.59 Å². The highest BCUT2D eigenvalue weighted by Crippen LogP contribution is 2.10. The third-order valence-electron chi connectivity index (χ3n) is 2.59. The number of aldehydes is 1. The van der Waals surface area contributed by atoms with Gasteiger partial charge in [-0.2, -0.15) is 0 Å². The number of aryl methyl sites for hydroxylation is 1. The van der Waals surface area contributed by atoms with E-state index in [0.29, 0.717) is 17.7 Å². The Bertz CT molecular complexity index is 592. The summed E-state index contributed by atoms with van der Waals surface area (Å²) < 4.78 is 5.27. The van der Waals surface area contributed by atoms with Crippen molar-refractivity contribution in [2.75, 3.05) is 11.9 Å². The highest BCUT2D eigenvalue weighted by atomic mass is 16.5. The number of hydrogen-bond donors (Lipinski definition) is 1. The van der Waals surface area contributed by atoms with Crippen LogP contribution in [-0.2, 0) is 4.79 Å². The monoisotopic (exact) mass is 270 g/mol. The first-order valence-corrected chi connectivity index (χ1v) is 6.08. The summed E-state index contributed by atoms with van der Waals surface area (Å²) in [5.74, 6) is 0.183. The van der Waals surface area contributed by atoms with Crippen molar-refractivity contribution in [3.05, 3.63) is 53.9 Å². The number of nitrogens with zero attached hydrogens (tertiary/aromatic N) is 1. The van der Waals surface area contributed by atoms with Crippen molar-refractivity contribution < 1.29 is 14.3 Å². The summed E-state index contributed by atoms with van der Waals surface area (Å²) in [6, 6.07) is 10.6. The van der Waals surface area contributed by atoms with Gasteiger partial charge in [-0.25, -0.2) is 4.98 Å². The molecule has 0 unspecified atom stereocenters. The summed E-state index contributed by atoms with van der Waals surface area (Å²) in [4.78, 5) is 26.0. The van der Waals surface area contributed by atoms with Gasteiger partial charge >= 0.3 is 0 Å². The maximum absolute atomic E-state index is 11.7. The molecular formula is C15H14N2O3. The quantitative estimate of drug-likeness (QED) is 0.846. The number of carbonyl (C=O) groups is 2. The first-order valence-electron chi connectivity index (χ1n) is 6.08. The van der Waals surface area contributed by atoms with Crippen molar-refractivity contribution in [1.29, 1.82) is 0 Å². The Morgan fingerprint density at radius 2 is 2.00 bits per heavy atom. The van der Waals surface area contributed by atoms with Crippen molar-refractivity contribution in [2.45, 2.75) is 6.92 Å². The molecule has 1 amide bonds. The number of hydrogen-bond acceptors (Lipinski definition) is 4. The lowest BCUT2D eigenvalue weighted by molar-refractivity contribution is -0.118. The summed E-state index contributed by atoms with van der Waals surface area (Å²) in [7, 11) is 0. The molecule has 0 radical (unpaired) electrons. The van der Waals surface area contributed by atoms with E-state index < -0.39 is 0 Å². The Morgan fingerprint density at radius 1 is 1.25 bits per heavy atom. The van der Waals surface area contributed by atoms with Gasteiger partial charge in [-0.1, -0.05) is 17.7 Å². The van der Waals surface area contributed by atoms with Crippen molar-refractivity contribution in [3.63, 3.8) is 0 Å². The molecule has 1 heterocycles. The largest absolute Gasteiger partial charge is 0.482 e. The highest BCUT2D eigenvalue weighted by molar-refractivity contribution is 5.91. The molecule has 0 spiro atoms. The average Bonchev–Trinajstić information content (AvgIpc) is 2.48. The van der Waals surface area contributed by atoms with E-state index in [1.54, 1.807) is 6.07 Å². The summed E-state index contributed by atoms with van der Waals surface area (Å²) >= 11 is 0. The van der Waals surface area contributed by atoms with Crippen LogP contribution in [-0.4, -0.2) is 23.8 Å². The molecule has 2 rings (SSSR count). The molecule has 5 nitrogen and oxygen atoms in total. The van der Waals surface area contributed by atoms with Gasteiger partial charge in [0.05, 0.1) is 6.20 Å². The molecule has 0 aliphatic heterocycles. The van der Waals surface area contributed by atoms with Gasteiger partial charge in [0, 0.05) is 5.69 Å². The molecular weight excluding hydrogens is 256 g/mol. The maximum Gasteiger partial charge on any atom is 0.262 e. The summed E-state index contributed by atoms with van der Waals surface area (Å²) in [5, 5.41) is 2.72. The van der Waals surface area contributed by atoms with E-state index in [1.807, 2.05) is 31.2 Å². The molecule has 0 saturated carbocycles. The van der Waals surface area contributed by atoms with Gasteiger partial charge in [0.25, 0.3) is 5.91 Å². The summed E-state index contributed by atoms with van der Waals surface area (Å²) in [6.07, 6.45) is 2.05. The molecule has 1 N–H and O–H groups in total. The van der Waals surface area contributed by atoms with E-state index in [2.05, 4.69) is 10.3 Å². The molecule has 0 aliphatic rings. The Labute approximate surface area is 116 Å². The number of amides is 1. The fourth-order valence-corrected chi connectivity index (χ4v) is 1.53. The average molecular weight is 270 g/mol. The minimum atomic E-state index is -0.256. The van der Waals surface area contributed by atoms with Gasteiger partial charge in [0.15, 0.2) is 12.9 Å². The summed E-state index contributed by atoms with van der Waals surface area (Å²) in [6.45, 7) is 1.86. The lowest BCUT2D eigenvalue weighted by atomic mass is 10.2. The van der Waals surface area contributed by atoms with E-state index in [0.717, 1.165) is 11.3 Å². The van der Waals surface area contributed by atoms with Crippen molar-refractivity contribution in [1.82, 2.24) is 4.98 Å². The van der Waals surface area contributed by atoms with Gasteiger partial charge in [0.2, 0.25) is 0 Å². The van der Waals surface area contributed by atoms with E-state index in [1.165, 1.54) is 12.3 Å². The van der Waals surface area contributed by atoms with Crippen LogP contribution in [0.5, 0.6) is 5.75 Å². The molecule has 1 aromatic carbocycles. The van der Waals surface area contributed by atoms with Crippen LogP contribution in [0.3, 0.4) is 0 Å². The molecule has 102 valence electrons. The number of benzene rings is 1. The number of anilines is 1. The second-order valence-corrected chi connectivity index (χ2v) is 4.24. The van der Waals surface area contributed by atoms with Crippen LogP contribution >= 0.6 is 0 Å². The smallest absolute Gasteiger partial charge is 0.262 e. The zero-order valence-corrected chi connectivity index (χ0v) is 11.0. The second-order valence-electron chi connectivity index (χ2n) is 4.24. The standard InChI is InChI=1S/C15H14N2O3/c1-11-2-4-12(5-3-11)17-15(19)10-20-14-7-6-13(9-18)16-8-14/h2-9H,10H2,1H3,(H,17,19). The number of rotatable bonds is 5. The molecule has 20 heavy (non-hydrogen) atoms. The van der Waals surface area contributed by atoms with Gasteiger partial charge in [-0.05, 0) is 31.2 Å². The van der Waals surface area contributed by atoms with Crippen molar-refractivity contribution >= 4 is 17.9 Å². The first-order chi connectivity index (χ1) is 9.67. The Hall–Kier alpha value is -2.69. The fourth-order valence-electron chi connectivity index (χ4n) is 1.53. The zero-order chi connectivity index (χ0) is 14.4. The second kappa shape index (κ2) is 6.47. The molecule has 5 heteroatoms. The number of carbonyl (C=O) groups excluding carboxylic acids is 2. The normalized spacial score (nSPS) is 9.85. The number of aromatic nitrogens is 1. The molecule has 0 atom stereocenters. The van der Waals surface area contributed by atoms with Crippen LogP contribution in [0.25, 0.3) is 0 Å². The molecule has 2 aromatic rings. The summed E-state index contributed by atoms with van der Waals surface area (Å²) in [5.41, 5.74) is 2.17. The van der Waals surface area contributed by atoms with E-state index in [-0.39, 0.29) is 12.5 Å². The molecule has 0 aliphatic carbocycles. The predicted molar refractivity (Wildman–Crippen MR) is 74.9 cm³/mol. The SMILES string of the molecule is Cc1ccc(NC(=O)COc2ccc(C=O)nc2)cc1. The minimum Gasteiger partial charge on any atom is -0.482 e. The molecule has 0 saturated heterocycles.